The highest BCUT2D eigenvalue weighted by Gasteiger charge is 2.24. The molecule has 0 bridgehead atoms. The molecule has 1 aliphatic heterocycles. The Morgan fingerprint density at radius 2 is 1.81 bits per heavy atom. The van der Waals surface area contributed by atoms with Crippen molar-refractivity contribution in [3.05, 3.63) is 47.0 Å². The lowest BCUT2D eigenvalue weighted by Crippen LogP contribution is -2.27. The van der Waals surface area contributed by atoms with Gasteiger partial charge in [0.25, 0.3) is 5.91 Å². The maximum absolute atomic E-state index is 12.5. The zero-order valence-corrected chi connectivity index (χ0v) is 16.0. The SMILES string of the molecule is NS(=O)(=O)c1ccc(CNS(=O)(=O)c2cc3c(cc2Cl)NC(=O)CO3)cc1. The van der Waals surface area contributed by atoms with Crippen LogP contribution in [0, 0.1) is 0 Å². The third-order valence-corrected chi connectivity index (χ3v) is 6.47. The summed E-state index contributed by atoms with van der Waals surface area (Å²) < 4.78 is 55.1. The monoisotopic (exact) mass is 431 g/mol. The molecule has 0 atom stereocenters. The number of hydrogen-bond donors (Lipinski definition) is 3. The highest BCUT2D eigenvalue weighted by atomic mass is 35.5. The van der Waals surface area contributed by atoms with E-state index in [2.05, 4.69) is 10.0 Å². The van der Waals surface area contributed by atoms with Gasteiger partial charge in [-0.05, 0) is 23.8 Å². The first-order valence-electron chi connectivity index (χ1n) is 7.44. The van der Waals surface area contributed by atoms with Crippen LogP contribution in [0.25, 0.3) is 0 Å². The molecule has 0 unspecified atom stereocenters. The van der Waals surface area contributed by atoms with Gasteiger partial charge in [0, 0.05) is 12.6 Å². The van der Waals surface area contributed by atoms with Crippen LogP contribution < -0.4 is 19.9 Å². The lowest BCUT2D eigenvalue weighted by Gasteiger charge is -2.19. The molecule has 1 heterocycles. The first-order valence-corrected chi connectivity index (χ1v) is 10.8. The molecule has 1 aliphatic rings. The Morgan fingerprint density at radius 3 is 2.44 bits per heavy atom. The number of benzene rings is 2. The normalized spacial score (nSPS) is 14.2. The van der Waals surface area contributed by atoms with Crippen molar-refractivity contribution in [1.82, 2.24) is 4.72 Å². The molecule has 2 aromatic carbocycles. The van der Waals surface area contributed by atoms with E-state index in [0.717, 1.165) is 0 Å². The van der Waals surface area contributed by atoms with E-state index in [-0.39, 0.29) is 45.3 Å². The first kappa shape index (κ1) is 19.6. The van der Waals surface area contributed by atoms with Gasteiger partial charge in [0.15, 0.2) is 6.61 Å². The quantitative estimate of drug-likeness (QED) is 0.638. The summed E-state index contributed by atoms with van der Waals surface area (Å²) in [4.78, 5) is 11.0. The van der Waals surface area contributed by atoms with Gasteiger partial charge in [0.2, 0.25) is 20.0 Å². The molecule has 0 fully saturated rings. The van der Waals surface area contributed by atoms with Gasteiger partial charge in [0.1, 0.15) is 10.6 Å². The van der Waals surface area contributed by atoms with Crippen LogP contribution in [0.5, 0.6) is 5.75 Å². The van der Waals surface area contributed by atoms with E-state index < -0.39 is 20.0 Å². The molecule has 144 valence electrons. The average Bonchev–Trinajstić information content (AvgIpc) is 2.59. The number of rotatable bonds is 5. The number of halogens is 1. The number of primary sulfonamides is 1. The van der Waals surface area contributed by atoms with Crippen molar-refractivity contribution in [2.24, 2.45) is 5.14 Å². The van der Waals surface area contributed by atoms with Crippen LogP contribution >= 0.6 is 11.6 Å². The predicted octanol–water partition coefficient (Wildman–Crippen LogP) is 0.797. The second-order valence-electron chi connectivity index (χ2n) is 5.63. The Morgan fingerprint density at radius 1 is 1.15 bits per heavy atom. The zero-order chi connectivity index (χ0) is 19.8. The van der Waals surface area contributed by atoms with Crippen LogP contribution in [0.1, 0.15) is 5.56 Å². The zero-order valence-electron chi connectivity index (χ0n) is 13.6. The van der Waals surface area contributed by atoms with Crippen molar-refractivity contribution in [1.29, 1.82) is 0 Å². The number of hydrogen-bond acceptors (Lipinski definition) is 6. The molecule has 0 radical (unpaired) electrons. The molecule has 3 rings (SSSR count). The Labute approximate surface area is 160 Å². The predicted molar refractivity (Wildman–Crippen MR) is 97.4 cm³/mol. The summed E-state index contributed by atoms with van der Waals surface area (Å²) in [7, 11) is -7.82. The maximum Gasteiger partial charge on any atom is 0.262 e. The summed E-state index contributed by atoms with van der Waals surface area (Å²) in [5.41, 5.74) is 0.803. The van der Waals surface area contributed by atoms with Gasteiger partial charge in [0.05, 0.1) is 15.6 Å². The van der Waals surface area contributed by atoms with Gasteiger partial charge in [-0.1, -0.05) is 23.7 Å². The molecular formula is C15H14ClN3O6S2. The van der Waals surface area contributed by atoms with Gasteiger partial charge in [-0.25, -0.2) is 26.7 Å². The van der Waals surface area contributed by atoms with E-state index >= 15 is 0 Å². The molecule has 0 aromatic heterocycles. The standard InChI is InChI=1S/C15H14ClN3O6S2/c16-11-5-12-13(25-8-15(20)19-12)6-14(11)27(23,24)18-7-9-1-3-10(4-2-9)26(17,21)22/h1-6,18H,7-8H2,(H,19,20)(H2,17,21,22). The minimum Gasteiger partial charge on any atom is -0.482 e. The fourth-order valence-corrected chi connectivity index (χ4v) is 4.41. The van der Waals surface area contributed by atoms with Crippen LogP contribution in [0.2, 0.25) is 5.02 Å². The number of fused-ring (bicyclic) bond motifs is 1. The number of ether oxygens (including phenoxy) is 1. The number of carbonyl (C=O) groups is 1. The smallest absolute Gasteiger partial charge is 0.262 e. The molecule has 9 nitrogen and oxygen atoms in total. The molecule has 1 amide bonds. The third kappa shape index (κ3) is 4.39. The topological polar surface area (TPSA) is 145 Å². The van der Waals surface area contributed by atoms with E-state index in [4.69, 9.17) is 21.5 Å². The largest absolute Gasteiger partial charge is 0.482 e. The molecular weight excluding hydrogens is 418 g/mol. The second-order valence-corrected chi connectivity index (χ2v) is 9.33. The lowest BCUT2D eigenvalue weighted by atomic mass is 10.2. The van der Waals surface area contributed by atoms with Crippen molar-refractivity contribution in [2.45, 2.75) is 16.3 Å². The van der Waals surface area contributed by atoms with Crippen molar-refractivity contribution >= 4 is 43.2 Å². The van der Waals surface area contributed by atoms with Crippen LogP contribution in [0.4, 0.5) is 5.69 Å². The third-order valence-electron chi connectivity index (χ3n) is 3.67. The van der Waals surface area contributed by atoms with E-state index in [0.29, 0.717) is 5.56 Å². The van der Waals surface area contributed by atoms with Gasteiger partial charge < -0.3 is 10.1 Å². The van der Waals surface area contributed by atoms with Crippen LogP contribution in [0.3, 0.4) is 0 Å². The number of nitrogens with one attached hydrogen (secondary N) is 2. The summed E-state index contributed by atoms with van der Waals surface area (Å²) in [6.07, 6.45) is 0. The number of sulfonamides is 2. The van der Waals surface area contributed by atoms with Crippen LogP contribution in [-0.4, -0.2) is 29.3 Å². The summed E-state index contributed by atoms with van der Waals surface area (Å²) >= 11 is 6.04. The number of anilines is 1. The van der Waals surface area contributed by atoms with Crippen LogP contribution in [-0.2, 0) is 31.4 Å². The molecule has 27 heavy (non-hydrogen) atoms. The van der Waals surface area contributed by atoms with Gasteiger partial charge in [-0.15, -0.1) is 0 Å². The lowest BCUT2D eigenvalue weighted by molar-refractivity contribution is -0.118. The Hall–Kier alpha value is -2.18. The minimum atomic E-state index is -3.99. The van der Waals surface area contributed by atoms with Gasteiger partial charge in [-0.3, -0.25) is 4.79 Å². The molecule has 0 saturated carbocycles. The van der Waals surface area contributed by atoms with E-state index in [1.807, 2.05) is 0 Å². The van der Waals surface area contributed by atoms with Crippen molar-refractivity contribution in [3.8, 4) is 5.75 Å². The van der Waals surface area contributed by atoms with Crippen molar-refractivity contribution in [3.63, 3.8) is 0 Å². The highest BCUT2D eigenvalue weighted by Crippen LogP contribution is 2.35. The Kier molecular flexibility index (Phi) is 5.14. The summed E-state index contributed by atoms with van der Waals surface area (Å²) in [5, 5.41) is 7.46. The summed E-state index contributed by atoms with van der Waals surface area (Å²) in [6.45, 7) is -0.323. The van der Waals surface area contributed by atoms with Gasteiger partial charge >= 0.3 is 0 Å². The highest BCUT2D eigenvalue weighted by molar-refractivity contribution is 7.89. The Balaban J connectivity index is 1.80. The molecule has 2 aromatic rings. The second kappa shape index (κ2) is 7.09. The molecule has 0 aliphatic carbocycles. The fourth-order valence-electron chi connectivity index (χ4n) is 2.34. The molecule has 0 spiro atoms. The van der Waals surface area contributed by atoms with E-state index in [1.54, 1.807) is 0 Å². The van der Waals surface area contributed by atoms with E-state index in [9.17, 15) is 21.6 Å². The van der Waals surface area contributed by atoms with Crippen LogP contribution in [0.15, 0.2) is 46.2 Å². The maximum atomic E-state index is 12.5. The first-order chi connectivity index (χ1) is 12.6. The van der Waals surface area contributed by atoms with E-state index in [1.165, 1.54) is 36.4 Å². The number of carbonyl (C=O) groups excluding carboxylic acids is 1. The summed E-state index contributed by atoms with van der Waals surface area (Å²) in [5.74, 6) is -0.174. The number of nitrogens with two attached hydrogens (primary N) is 1. The number of amides is 1. The molecule has 4 N–H and O–H groups in total. The van der Waals surface area contributed by atoms with Crippen molar-refractivity contribution in [2.75, 3.05) is 11.9 Å². The minimum absolute atomic E-state index is 0.0777. The molecule has 0 saturated heterocycles. The Bertz CT molecular complexity index is 1110. The average molecular weight is 432 g/mol. The fraction of sp³-hybridized carbons (Fsp3) is 0.133. The van der Waals surface area contributed by atoms with Gasteiger partial charge in [-0.2, -0.15) is 0 Å². The summed E-state index contributed by atoms with van der Waals surface area (Å²) in [6, 6.07) is 7.96. The molecule has 12 heteroatoms. The van der Waals surface area contributed by atoms with Crippen molar-refractivity contribution < 1.29 is 26.4 Å².